The first kappa shape index (κ1) is 13.3. The normalized spacial score (nSPS) is 29.6. The van der Waals surface area contributed by atoms with Crippen molar-refractivity contribution < 1.29 is 0 Å². The summed E-state index contributed by atoms with van der Waals surface area (Å²) >= 11 is 0. The minimum Gasteiger partial charge on any atom is -0.311 e. The summed E-state index contributed by atoms with van der Waals surface area (Å²) in [5.74, 6) is 0.952. The Labute approximate surface area is 107 Å². The molecule has 2 aliphatic rings. The highest BCUT2D eigenvalue weighted by molar-refractivity contribution is 4.81. The molecule has 2 rings (SSSR count). The van der Waals surface area contributed by atoms with Gasteiger partial charge in [-0.25, -0.2) is 0 Å². The lowest BCUT2D eigenvalue weighted by Gasteiger charge is -2.38. The largest absolute Gasteiger partial charge is 0.311 e. The number of piperazine rings is 1. The van der Waals surface area contributed by atoms with Gasteiger partial charge in [0.1, 0.15) is 0 Å². The van der Waals surface area contributed by atoms with Gasteiger partial charge in [0.25, 0.3) is 0 Å². The predicted octanol–water partition coefficient (Wildman–Crippen LogP) is 1.40. The highest BCUT2D eigenvalue weighted by Crippen LogP contribution is 2.19. The van der Waals surface area contributed by atoms with Crippen LogP contribution in [0.25, 0.3) is 0 Å². The van der Waals surface area contributed by atoms with Crippen LogP contribution in [0.3, 0.4) is 0 Å². The Hall–Kier alpha value is -0.120. The third kappa shape index (κ3) is 3.94. The molecule has 0 radical (unpaired) electrons. The van der Waals surface area contributed by atoms with Crippen molar-refractivity contribution >= 4 is 0 Å². The van der Waals surface area contributed by atoms with Crippen LogP contribution in [-0.4, -0.2) is 61.7 Å². The first-order valence-corrected chi connectivity index (χ1v) is 7.50. The van der Waals surface area contributed by atoms with Gasteiger partial charge in [0, 0.05) is 32.2 Å². The number of nitrogens with one attached hydrogen (secondary N) is 1. The van der Waals surface area contributed by atoms with Crippen molar-refractivity contribution in [1.82, 2.24) is 15.1 Å². The van der Waals surface area contributed by atoms with Gasteiger partial charge in [-0.1, -0.05) is 13.8 Å². The molecule has 2 saturated heterocycles. The van der Waals surface area contributed by atoms with Crippen LogP contribution in [0.5, 0.6) is 0 Å². The molecular weight excluding hydrogens is 210 g/mol. The van der Waals surface area contributed by atoms with Gasteiger partial charge in [0.2, 0.25) is 0 Å². The molecular formula is C14H29N3. The van der Waals surface area contributed by atoms with Crippen LogP contribution < -0.4 is 5.32 Å². The molecule has 17 heavy (non-hydrogen) atoms. The minimum absolute atomic E-state index is 0.736. The molecule has 0 amide bonds. The molecule has 0 aromatic rings. The average Bonchev–Trinajstić information content (AvgIpc) is 2.40. The minimum atomic E-state index is 0.736. The number of piperidine rings is 1. The quantitative estimate of drug-likeness (QED) is 0.800. The Kier molecular flexibility index (Phi) is 5.26. The lowest BCUT2D eigenvalue weighted by atomic mass is 9.95. The van der Waals surface area contributed by atoms with Gasteiger partial charge in [-0.3, -0.25) is 0 Å². The molecule has 2 aliphatic heterocycles. The molecule has 0 aliphatic carbocycles. The standard InChI is InChI=1S/C14H29N3/c1-3-14-12-17(10-7-15-14)11-13-5-8-16(4-2)9-6-13/h13-15H,3-12H2,1-2H3. The zero-order valence-electron chi connectivity index (χ0n) is 11.6. The van der Waals surface area contributed by atoms with Crippen molar-refractivity contribution in [2.45, 2.75) is 39.2 Å². The molecule has 0 spiro atoms. The van der Waals surface area contributed by atoms with E-state index in [1.165, 1.54) is 65.1 Å². The van der Waals surface area contributed by atoms with Gasteiger partial charge in [0.15, 0.2) is 0 Å². The van der Waals surface area contributed by atoms with Gasteiger partial charge in [0.05, 0.1) is 0 Å². The summed E-state index contributed by atoms with van der Waals surface area (Å²) < 4.78 is 0. The van der Waals surface area contributed by atoms with Crippen LogP contribution in [0.15, 0.2) is 0 Å². The summed E-state index contributed by atoms with van der Waals surface area (Å²) in [5, 5.41) is 3.60. The summed E-state index contributed by atoms with van der Waals surface area (Å²) in [6, 6.07) is 0.736. The highest BCUT2D eigenvalue weighted by Gasteiger charge is 2.23. The van der Waals surface area contributed by atoms with Crippen molar-refractivity contribution in [3.63, 3.8) is 0 Å². The van der Waals surface area contributed by atoms with E-state index in [2.05, 4.69) is 29.0 Å². The maximum absolute atomic E-state index is 3.60. The smallest absolute Gasteiger partial charge is 0.0192 e. The van der Waals surface area contributed by atoms with Crippen molar-refractivity contribution in [2.75, 3.05) is 45.8 Å². The van der Waals surface area contributed by atoms with Crippen molar-refractivity contribution in [3.8, 4) is 0 Å². The molecule has 0 aromatic carbocycles. The van der Waals surface area contributed by atoms with E-state index in [1.807, 2.05) is 0 Å². The van der Waals surface area contributed by atoms with Gasteiger partial charge < -0.3 is 15.1 Å². The number of rotatable bonds is 4. The molecule has 1 N–H and O–H groups in total. The Balaban J connectivity index is 1.70. The maximum Gasteiger partial charge on any atom is 0.0192 e. The molecule has 0 saturated carbocycles. The summed E-state index contributed by atoms with van der Waals surface area (Å²) in [6.07, 6.45) is 4.09. The van der Waals surface area contributed by atoms with Crippen LogP contribution in [0.4, 0.5) is 0 Å². The maximum atomic E-state index is 3.60. The van der Waals surface area contributed by atoms with Crippen LogP contribution in [-0.2, 0) is 0 Å². The zero-order chi connectivity index (χ0) is 12.1. The molecule has 3 heteroatoms. The average molecular weight is 239 g/mol. The SMILES string of the molecule is CCC1CN(CC2CCN(CC)CC2)CCN1. The van der Waals surface area contributed by atoms with Crippen LogP contribution >= 0.6 is 0 Å². The predicted molar refractivity (Wildman–Crippen MR) is 73.4 cm³/mol. The van der Waals surface area contributed by atoms with Gasteiger partial charge in [-0.15, -0.1) is 0 Å². The topological polar surface area (TPSA) is 18.5 Å². The number of hydrogen-bond acceptors (Lipinski definition) is 3. The lowest BCUT2D eigenvalue weighted by molar-refractivity contribution is 0.125. The van der Waals surface area contributed by atoms with E-state index in [1.54, 1.807) is 0 Å². The third-order valence-corrected chi connectivity index (χ3v) is 4.50. The molecule has 3 nitrogen and oxygen atoms in total. The number of hydrogen-bond donors (Lipinski definition) is 1. The van der Waals surface area contributed by atoms with Crippen molar-refractivity contribution in [3.05, 3.63) is 0 Å². The Morgan fingerprint density at radius 1 is 1.06 bits per heavy atom. The van der Waals surface area contributed by atoms with Crippen molar-refractivity contribution in [1.29, 1.82) is 0 Å². The molecule has 2 fully saturated rings. The first-order chi connectivity index (χ1) is 8.31. The van der Waals surface area contributed by atoms with E-state index in [0.717, 1.165) is 12.0 Å². The van der Waals surface area contributed by atoms with E-state index < -0.39 is 0 Å². The number of nitrogens with zero attached hydrogens (tertiary/aromatic N) is 2. The lowest BCUT2D eigenvalue weighted by Crippen LogP contribution is -2.52. The molecule has 1 atom stereocenters. The second kappa shape index (κ2) is 6.72. The van der Waals surface area contributed by atoms with Gasteiger partial charge >= 0.3 is 0 Å². The fraction of sp³-hybridized carbons (Fsp3) is 1.00. The van der Waals surface area contributed by atoms with E-state index in [0.29, 0.717) is 0 Å². The monoisotopic (exact) mass is 239 g/mol. The first-order valence-electron chi connectivity index (χ1n) is 7.50. The summed E-state index contributed by atoms with van der Waals surface area (Å²) in [7, 11) is 0. The second-order valence-electron chi connectivity index (χ2n) is 5.70. The Bertz CT molecular complexity index is 212. The van der Waals surface area contributed by atoms with Crippen LogP contribution in [0.1, 0.15) is 33.1 Å². The molecule has 0 bridgehead atoms. The molecule has 1 unspecified atom stereocenters. The van der Waals surface area contributed by atoms with Gasteiger partial charge in [-0.2, -0.15) is 0 Å². The molecule has 2 heterocycles. The fourth-order valence-electron chi connectivity index (χ4n) is 3.18. The van der Waals surface area contributed by atoms with E-state index in [-0.39, 0.29) is 0 Å². The third-order valence-electron chi connectivity index (χ3n) is 4.50. The Morgan fingerprint density at radius 2 is 1.82 bits per heavy atom. The van der Waals surface area contributed by atoms with E-state index in [9.17, 15) is 0 Å². The van der Waals surface area contributed by atoms with E-state index in [4.69, 9.17) is 0 Å². The second-order valence-corrected chi connectivity index (χ2v) is 5.70. The summed E-state index contributed by atoms with van der Waals surface area (Å²) in [4.78, 5) is 5.28. The van der Waals surface area contributed by atoms with Crippen molar-refractivity contribution in [2.24, 2.45) is 5.92 Å². The zero-order valence-corrected chi connectivity index (χ0v) is 11.6. The summed E-state index contributed by atoms with van der Waals surface area (Å²) in [6.45, 7) is 13.5. The fourth-order valence-corrected chi connectivity index (χ4v) is 3.18. The molecule has 0 aromatic heterocycles. The highest BCUT2D eigenvalue weighted by atomic mass is 15.2. The van der Waals surface area contributed by atoms with E-state index >= 15 is 0 Å². The van der Waals surface area contributed by atoms with Crippen LogP contribution in [0, 0.1) is 5.92 Å². The summed E-state index contributed by atoms with van der Waals surface area (Å²) in [5.41, 5.74) is 0. The molecule has 100 valence electrons. The Morgan fingerprint density at radius 3 is 2.47 bits per heavy atom. The number of likely N-dealkylation sites (tertiary alicyclic amines) is 1. The van der Waals surface area contributed by atoms with Crippen LogP contribution in [0.2, 0.25) is 0 Å². The van der Waals surface area contributed by atoms with Gasteiger partial charge in [-0.05, 0) is 44.8 Å².